The molecular weight excluding hydrogens is 346 g/mol. The number of nitrogens with zero attached hydrogens (tertiary/aromatic N) is 2. The van der Waals surface area contributed by atoms with Crippen LogP contribution < -0.4 is 10.1 Å². The minimum atomic E-state index is -0.319. The number of hydrogen-bond acceptors (Lipinski definition) is 5. The molecule has 0 atom stereocenters. The van der Waals surface area contributed by atoms with Crippen LogP contribution in [0.4, 0.5) is 0 Å². The molecule has 7 heteroatoms. The molecule has 144 valence electrons. The molecule has 1 saturated heterocycles. The number of nitrogens with one attached hydrogen (secondary N) is 1. The Bertz CT molecular complexity index is 815. The first kappa shape index (κ1) is 18.9. The van der Waals surface area contributed by atoms with Crippen LogP contribution in [-0.2, 0) is 11.4 Å². The van der Waals surface area contributed by atoms with E-state index in [2.05, 4.69) is 10.5 Å². The van der Waals surface area contributed by atoms with Gasteiger partial charge < -0.3 is 19.5 Å². The van der Waals surface area contributed by atoms with Gasteiger partial charge in [0.2, 0.25) is 5.91 Å². The summed E-state index contributed by atoms with van der Waals surface area (Å²) >= 11 is 0. The second-order valence-electron chi connectivity index (χ2n) is 6.81. The van der Waals surface area contributed by atoms with Gasteiger partial charge in [0.25, 0.3) is 5.91 Å². The zero-order valence-electron chi connectivity index (χ0n) is 15.8. The molecule has 2 heterocycles. The number of rotatable bonds is 7. The topological polar surface area (TPSA) is 84.7 Å². The van der Waals surface area contributed by atoms with Crippen LogP contribution in [0.5, 0.6) is 5.75 Å². The van der Waals surface area contributed by atoms with Crippen molar-refractivity contribution in [1.29, 1.82) is 0 Å². The Morgan fingerprint density at radius 1 is 1.26 bits per heavy atom. The number of aryl methyl sites for hydroxylation is 2. The van der Waals surface area contributed by atoms with Crippen LogP contribution in [0.1, 0.15) is 46.6 Å². The molecule has 2 amide bonds. The van der Waals surface area contributed by atoms with Gasteiger partial charge in [0.1, 0.15) is 12.4 Å². The molecule has 1 N–H and O–H groups in total. The molecule has 0 radical (unpaired) electrons. The number of carbonyl (C=O) groups is 2. The molecule has 0 spiro atoms. The number of ether oxygens (including phenoxy) is 1. The van der Waals surface area contributed by atoms with Crippen molar-refractivity contribution >= 4 is 11.8 Å². The van der Waals surface area contributed by atoms with Crippen LogP contribution in [-0.4, -0.2) is 41.5 Å². The largest absolute Gasteiger partial charge is 0.486 e. The Balaban J connectivity index is 1.45. The standard InChI is InChI=1S/C20H25N3O4/c1-14-6-7-16(11-15(14)2)26-13-17-12-18(22-27-17)20(25)21-8-10-23-9-4-3-5-19(23)24/h6-7,11-12H,3-5,8-10,13H2,1-2H3,(H,21,25). The van der Waals surface area contributed by atoms with Gasteiger partial charge in [0.05, 0.1) is 0 Å². The van der Waals surface area contributed by atoms with Gasteiger partial charge in [0, 0.05) is 32.1 Å². The maximum atomic E-state index is 12.2. The second-order valence-corrected chi connectivity index (χ2v) is 6.81. The number of benzene rings is 1. The van der Waals surface area contributed by atoms with Crippen molar-refractivity contribution < 1.29 is 18.8 Å². The van der Waals surface area contributed by atoms with Crippen molar-refractivity contribution in [2.75, 3.05) is 19.6 Å². The van der Waals surface area contributed by atoms with Crippen LogP contribution in [0.2, 0.25) is 0 Å². The monoisotopic (exact) mass is 371 g/mol. The first-order valence-electron chi connectivity index (χ1n) is 9.24. The van der Waals surface area contributed by atoms with Crippen LogP contribution >= 0.6 is 0 Å². The highest BCUT2D eigenvalue weighted by Crippen LogP contribution is 2.18. The van der Waals surface area contributed by atoms with Gasteiger partial charge in [-0.15, -0.1) is 0 Å². The Morgan fingerprint density at radius 3 is 2.89 bits per heavy atom. The van der Waals surface area contributed by atoms with Crippen molar-refractivity contribution in [1.82, 2.24) is 15.4 Å². The molecule has 1 aromatic heterocycles. The molecule has 0 saturated carbocycles. The zero-order chi connectivity index (χ0) is 19.2. The predicted octanol–water partition coefficient (Wildman–Crippen LogP) is 2.61. The number of aromatic nitrogens is 1. The number of piperidine rings is 1. The fraction of sp³-hybridized carbons (Fsp3) is 0.450. The lowest BCUT2D eigenvalue weighted by molar-refractivity contribution is -0.133. The summed E-state index contributed by atoms with van der Waals surface area (Å²) in [5.74, 6) is 1.06. The van der Waals surface area contributed by atoms with E-state index in [-0.39, 0.29) is 24.1 Å². The van der Waals surface area contributed by atoms with E-state index in [9.17, 15) is 9.59 Å². The molecule has 27 heavy (non-hydrogen) atoms. The van der Waals surface area contributed by atoms with Gasteiger partial charge >= 0.3 is 0 Å². The molecule has 7 nitrogen and oxygen atoms in total. The average Bonchev–Trinajstić information content (AvgIpc) is 3.13. The molecule has 2 aromatic rings. The lowest BCUT2D eigenvalue weighted by atomic mass is 10.1. The van der Waals surface area contributed by atoms with Crippen molar-refractivity contribution in [3.05, 3.63) is 46.8 Å². The molecule has 0 aliphatic carbocycles. The maximum absolute atomic E-state index is 12.2. The quantitative estimate of drug-likeness (QED) is 0.809. The minimum absolute atomic E-state index is 0.155. The molecule has 1 aliphatic rings. The van der Waals surface area contributed by atoms with E-state index in [4.69, 9.17) is 9.26 Å². The van der Waals surface area contributed by atoms with E-state index < -0.39 is 0 Å². The van der Waals surface area contributed by atoms with Crippen LogP contribution in [0.25, 0.3) is 0 Å². The third-order valence-electron chi connectivity index (χ3n) is 4.74. The minimum Gasteiger partial charge on any atom is -0.486 e. The highest BCUT2D eigenvalue weighted by Gasteiger charge is 2.18. The van der Waals surface area contributed by atoms with E-state index in [0.29, 0.717) is 25.3 Å². The Hall–Kier alpha value is -2.83. The normalized spacial score (nSPS) is 14.3. The summed E-state index contributed by atoms with van der Waals surface area (Å²) in [7, 11) is 0. The van der Waals surface area contributed by atoms with E-state index in [0.717, 1.165) is 30.7 Å². The number of amides is 2. The summed E-state index contributed by atoms with van der Waals surface area (Å²) in [5.41, 5.74) is 2.56. The predicted molar refractivity (Wildman–Crippen MR) is 99.5 cm³/mol. The molecule has 3 rings (SSSR count). The van der Waals surface area contributed by atoms with Gasteiger partial charge in [-0.25, -0.2) is 0 Å². The van der Waals surface area contributed by atoms with Gasteiger partial charge in [-0.1, -0.05) is 11.2 Å². The van der Waals surface area contributed by atoms with Gasteiger partial charge in [-0.3, -0.25) is 9.59 Å². The first-order chi connectivity index (χ1) is 13.0. The van der Waals surface area contributed by atoms with E-state index in [1.54, 1.807) is 11.0 Å². The molecule has 0 bridgehead atoms. The lowest BCUT2D eigenvalue weighted by Gasteiger charge is -2.26. The summed E-state index contributed by atoms with van der Waals surface area (Å²) in [5, 5.41) is 6.56. The van der Waals surface area contributed by atoms with Gasteiger partial charge in [-0.05, 0) is 49.9 Å². The van der Waals surface area contributed by atoms with E-state index in [1.165, 1.54) is 5.56 Å². The smallest absolute Gasteiger partial charge is 0.273 e. The van der Waals surface area contributed by atoms with Crippen LogP contribution in [0.15, 0.2) is 28.8 Å². The molecule has 0 unspecified atom stereocenters. The first-order valence-corrected chi connectivity index (χ1v) is 9.24. The summed E-state index contributed by atoms with van der Waals surface area (Å²) < 4.78 is 10.9. The fourth-order valence-electron chi connectivity index (χ4n) is 2.94. The lowest BCUT2D eigenvalue weighted by Crippen LogP contribution is -2.41. The molecule has 1 aliphatic heterocycles. The summed E-state index contributed by atoms with van der Waals surface area (Å²) in [6, 6.07) is 7.43. The van der Waals surface area contributed by atoms with Crippen LogP contribution in [0, 0.1) is 13.8 Å². The van der Waals surface area contributed by atoms with Crippen molar-refractivity contribution in [3.63, 3.8) is 0 Å². The molecule has 1 aromatic carbocycles. The summed E-state index contributed by atoms with van der Waals surface area (Å²) in [4.78, 5) is 25.7. The van der Waals surface area contributed by atoms with Crippen molar-refractivity contribution in [2.24, 2.45) is 0 Å². The third kappa shape index (κ3) is 5.09. The summed E-state index contributed by atoms with van der Waals surface area (Å²) in [6.45, 7) is 5.94. The zero-order valence-corrected chi connectivity index (χ0v) is 15.8. The number of hydrogen-bond donors (Lipinski definition) is 1. The SMILES string of the molecule is Cc1ccc(OCc2cc(C(=O)NCCN3CCCCC3=O)no2)cc1C. The highest BCUT2D eigenvalue weighted by atomic mass is 16.5. The molecular formula is C20H25N3O4. The van der Waals surface area contributed by atoms with Gasteiger partial charge in [-0.2, -0.15) is 0 Å². The summed E-state index contributed by atoms with van der Waals surface area (Å²) in [6.07, 6.45) is 2.57. The number of carbonyl (C=O) groups excluding carboxylic acids is 2. The van der Waals surface area contributed by atoms with E-state index >= 15 is 0 Å². The van der Waals surface area contributed by atoms with E-state index in [1.807, 2.05) is 32.0 Å². The Morgan fingerprint density at radius 2 is 2.11 bits per heavy atom. The average molecular weight is 371 g/mol. The Labute approximate surface area is 158 Å². The Kier molecular flexibility index (Phi) is 6.11. The maximum Gasteiger partial charge on any atom is 0.273 e. The van der Waals surface area contributed by atoms with Gasteiger partial charge in [0.15, 0.2) is 11.5 Å². The fourth-order valence-corrected chi connectivity index (χ4v) is 2.94. The highest BCUT2D eigenvalue weighted by molar-refractivity contribution is 5.92. The van der Waals surface area contributed by atoms with Crippen LogP contribution in [0.3, 0.4) is 0 Å². The third-order valence-corrected chi connectivity index (χ3v) is 4.74. The number of likely N-dealkylation sites (tertiary alicyclic amines) is 1. The van der Waals surface area contributed by atoms with Crippen molar-refractivity contribution in [3.8, 4) is 5.75 Å². The molecule has 1 fully saturated rings. The van der Waals surface area contributed by atoms with Crippen molar-refractivity contribution in [2.45, 2.75) is 39.7 Å². The second kappa shape index (κ2) is 8.70.